The van der Waals surface area contributed by atoms with Crippen LogP contribution < -0.4 is 10.9 Å². The van der Waals surface area contributed by atoms with Crippen LogP contribution in [0, 0.1) is 12.7 Å². The van der Waals surface area contributed by atoms with Crippen molar-refractivity contribution in [3.8, 4) is 5.69 Å². The molecule has 0 radical (unpaired) electrons. The lowest BCUT2D eigenvalue weighted by molar-refractivity contribution is 0.0846. The Hall–Kier alpha value is -3.46. The van der Waals surface area contributed by atoms with E-state index in [4.69, 9.17) is 0 Å². The summed E-state index contributed by atoms with van der Waals surface area (Å²) in [4.78, 5) is 28.2. The maximum absolute atomic E-state index is 13.2. The average Bonchev–Trinajstić information content (AvgIpc) is 3.39. The van der Waals surface area contributed by atoms with E-state index in [0.717, 1.165) is 15.9 Å². The van der Waals surface area contributed by atoms with E-state index < -0.39 is 11.8 Å². The third kappa shape index (κ3) is 3.20. The van der Waals surface area contributed by atoms with E-state index in [9.17, 15) is 14.0 Å². The molecule has 4 aromatic rings. The minimum absolute atomic E-state index is 0.331. The first-order chi connectivity index (χ1) is 13.0. The van der Waals surface area contributed by atoms with Crippen molar-refractivity contribution in [3.05, 3.63) is 70.7 Å². The SMILES string of the molecule is Cc1nn(-c2ccc(F)cc2)c2sc(C(=O)NNC(=O)c3ccc[nH]3)cc12. The Bertz CT molecular complexity index is 1130. The Morgan fingerprint density at radius 3 is 2.59 bits per heavy atom. The second-order valence-corrected chi connectivity index (χ2v) is 6.83. The molecule has 0 aliphatic carbocycles. The number of carbonyl (C=O) groups excluding carboxylic acids is 2. The van der Waals surface area contributed by atoms with E-state index in [-0.39, 0.29) is 5.82 Å². The molecule has 9 heteroatoms. The van der Waals surface area contributed by atoms with Crippen molar-refractivity contribution in [2.75, 3.05) is 0 Å². The number of hydrazine groups is 1. The third-order valence-corrected chi connectivity index (χ3v) is 5.08. The van der Waals surface area contributed by atoms with Crippen molar-refractivity contribution in [3.63, 3.8) is 0 Å². The fourth-order valence-electron chi connectivity index (χ4n) is 2.63. The van der Waals surface area contributed by atoms with Gasteiger partial charge in [-0.05, 0) is 49.4 Å². The molecule has 3 aromatic heterocycles. The summed E-state index contributed by atoms with van der Waals surface area (Å²) in [7, 11) is 0. The Morgan fingerprint density at radius 1 is 1.15 bits per heavy atom. The van der Waals surface area contributed by atoms with Crippen molar-refractivity contribution in [1.82, 2.24) is 25.6 Å². The Balaban J connectivity index is 1.58. The van der Waals surface area contributed by atoms with Gasteiger partial charge in [0.1, 0.15) is 16.3 Å². The number of thiophene rings is 1. The van der Waals surface area contributed by atoms with Crippen LogP contribution >= 0.6 is 11.3 Å². The maximum Gasteiger partial charge on any atom is 0.286 e. The van der Waals surface area contributed by atoms with Gasteiger partial charge in [-0.15, -0.1) is 11.3 Å². The number of amides is 2. The molecule has 0 bridgehead atoms. The maximum atomic E-state index is 13.2. The molecular formula is C18H14FN5O2S. The van der Waals surface area contributed by atoms with Crippen LogP contribution in [0.4, 0.5) is 4.39 Å². The van der Waals surface area contributed by atoms with E-state index in [1.807, 2.05) is 6.92 Å². The standard InChI is InChI=1S/C18H14FN5O2S/c1-10-13-9-15(17(26)22-21-16(25)14-3-2-8-20-14)27-18(13)24(23-10)12-6-4-11(19)5-7-12/h2-9,20H,1H3,(H,21,25)(H,22,26). The topological polar surface area (TPSA) is 91.8 Å². The molecule has 136 valence electrons. The summed E-state index contributed by atoms with van der Waals surface area (Å²) >= 11 is 1.24. The first kappa shape index (κ1) is 17.0. The predicted molar refractivity (Wildman–Crippen MR) is 99.4 cm³/mol. The number of aromatic nitrogens is 3. The highest BCUT2D eigenvalue weighted by Crippen LogP contribution is 2.30. The monoisotopic (exact) mass is 383 g/mol. The molecule has 3 N–H and O–H groups in total. The lowest BCUT2D eigenvalue weighted by atomic mass is 10.3. The van der Waals surface area contributed by atoms with Crippen molar-refractivity contribution < 1.29 is 14.0 Å². The quantitative estimate of drug-likeness (QED) is 0.475. The third-order valence-electron chi connectivity index (χ3n) is 3.97. The number of benzene rings is 1. The Labute approximate surface area is 156 Å². The number of rotatable bonds is 3. The Kier molecular flexibility index (Phi) is 4.21. The summed E-state index contributed by atoms with van der Waals surface area (Å²) in [6.45, 7) is 1.84. The number of fused-ring (bicyclic) bond motifs is 1. The minimum atomic E-state index is -0.442. The molecule has 7 nitrogen and oxygen atoms in total. The van der Waals surface area contributed by atoms with Gasteiger partial charge in [0.25, 0.3) is 11.8 Å². The fraction of sp³-hybridized carbons (Fsp3) is 0.0556. The highest BCUT2D eigenvalue weighted by atomic mass is 32.1. The van der Waals surface area contributed by atoms with E-state index in [0.29, 0.717) is 16.3 Å². The molecule has 0 aliphatic rings. The fourth-order valence-corrected chi connectivity index (χ4v) is 3.71. The molecule has 2 amide bonds. The van der Waals surface area contributed by atoms with Crippen molar-refractivity contribution in [1.29, 1.82) is 0 Å². The van der Waals surface area contributed by atoms with Crippen LogP contribution in [0.1, 0.15) is 25.9 Å². The summed E-state index contributed by atoms with van der Waals surface area (Å²) in [6.07, 6.45) is 1.62. The number of aromatic amines is 1. The predicted octanol–water partition coefficient (Wildman–Crippen LogP) is 2.94. The zero-order valence-corrected chi connectivity index (χ0v) is 14.9. The summed E-state index contributed by atoms with van der Waals surface area (Å²) < 4.78 is 14.8. The molecule has 27 heavy (non-hydrogen) atoms. The number of hydrogen-bond acceptors (Lipinski definition) is 4. The molecule has 0 spiro atoms. The van der Waals surface area contributed by atoms with Crippen LogP contribution in [-0.2, 0) is 0 Å². The van der Waals surface area contributed by atoms with E-state index in [2.05, 4.69) is 20.9 Å². The summed E-state index contributed by atoms with van der Waals surface area (Å²) in [6, 6.07) is 11.0. The molecule has 3 heterocycles. The van der Waals surface area contributed by atoms with Gasteiger partial charge < -0.3 is 4.98 Å². The molecule has 0 atom stereocenters. The smallest absolute Gasteiger partial charge is 0.286 e. The normalized spacial score (nSPS) is 10.9. The van der Waals surface area contributed by atoms with Crippen LogP contribution in [0.5, 0.6) is 0 Å². The number of hydrogen-bond donors (Lipinski definition) is 3. The lowest BCUT2D eigenvalue weighted by Crippen LogP contribution is -2.41. The number of nitrogens with one attached hydrogen (secondary N) is 3. The highest BCUT2D eigenvalue weighted by Gasteiger charge is 2.18. The first-order valence-electron chi connectivity index (χ1n) is 8.02. The zero-order valence-electron chi connectivity index (χ0n) is 14.1. The molecule has 0 saturated heterocycles. The number of nitrogens with zero attached hydrogens (tertiary/aromatic N) is 2. The van der Waals surface area contributed by atoms with Crippen molar-refractivity contribution in [2.45, 2.75) is 6.92 Å². The number of carbonyl (C=O) groups is 2. The number of H-pyrrole nitrogens is 1. The largest absolute Gasteiger partial charge is 0.357 e. The van der Waals surface area contributed by atoms with Gasteiger partial charge in [-0.2, -0.15) is 5.10 Å². The van der Waals surface area contributed by atoms with Gasteiger partial charge in [0.05, 0.1) is 16.3 Å². The van der Waals surface area contributed by atoms with Gasteiger partial charge in [0.15, 0.2) is 0 Å². The molecule has 0 saturated carbocycles. The lowest BCUT2D eigenvalue weighted by Gasteiger charge is -2.05. The van der Waals surface area contributed by atoms with Gasteiger partial charge in [-0.3, -0.25) is 20.4 Å². The van der Waals surface area contributed by atoms with Gasteiger partial charge in [-0.1, -0.05) is 0 Å². The van der Waals surface area contributed by atoms with Crippen LogP contribution in [0.15, 0.2) is 48.7 Å². The van der Waals surface area contributed by atoms with Gasteiger partial charge in [0.2, 0.25) is 0 Å². The van der Waals surface area contributed by atoms with Crippen LogP contribution in [0.3, 0.4) is 0 Å². The summed E-state index contributed by atoms with van der Waals surface area (Å²) in [5.41, 5.74) is 6.55. The second-order valence-electron chi connectivity index (χ2n) is 5.80. The number of halogens is 1. The minimum Gasteiger partial charge on any atom is -0.357 e. The summed E-state index contributed by atoms with van der Waals surface area (Å²) in [5.74, 6) is -1.20. The van der Waals surface area contributed by atoms with E-state index >= 15 is 0 Å². The zero-order chi connectivity index (χ0) is 19.0. The highest BCUT2D eigenvalue weighted by molar-refractivity contribution is 7.20. The summed E-state index contributed by atoms with van der Waals surface area (Å²) in [5, 5.41) is 5.28. The van der Waals surface area contributed by atoms with Crippen LogP contribution in [0.2, 0.25) is 0 Å². The van der Waals surface area contributed by atoms with E-state index in [1.165, 1.54) is 23.5 Å². The Morgan fingerprint density at radius 2 is 1.89 bits per heavy atom. The first-order valence-corrected chi connectivity index (χ1v) is 8.84. The molecule has 0 unspecified atom stereocenters. The van der Waals surface area contributed by atoms with Gasteiger partial charge in [-0.25, -0.2) is 9.07 Å². The molecule has 0 aliphatic heterocycles. The van der Waals surface area contributed by atoms with Crippen LogP contribution in [0.25, 0.3) is 15.9 Å². The molecule has 1 aromatic carbocycles. The second kappa shape index (κ2) is 6.69. The van der Waals surface area contributed by atoms with Crippen LogP contribution in [-0.4, -0.2) is 26.6 Å². The molecule has 0 fully saturated rings. The van der Waals surface area contributed by atoms with Gasteiger partial charge >= 0.3 is 0 Å². The van der Waals surface area contributed by atoms with Gasteiger partial charge in [0, 0.05) is 11.6 Å². The average molecular weight is 383 g/mol. The molecule has 4 rings (SSSR count). The molecular weight excluding hydrogens is 369 g/mol. The van der Waals surface area contributed by atoms with E-state index in [1.54, 1.807) is 41.2 Å². The van der Waals surface area contributed by atoms with Crippen molar-refractivity contribution >= 4 is 33.4 Å². The van der Waals surface area contributed by atoms with Crippen molar-refractivity contribution in [2.24, 2.45) is 0 Å². The number of aryl methyl sites for hydroxylation is 1.